The number of H-pyrrole nitrogens is 1. The molecule has 0 saturated carbocycles. The van der Waals surface area contributed by atoms with E-state index < -0.39 is 0 Å². The molecule has 0 spiro atoms. The molecule has 0 fully saturated rings. The third-order valence-electron chi connectivity index (χ3n) is 0.692. The first kappa shape index (κ1) is 7.67. The summed E-state index contributed by atoms with van der Waals surface area (Å²) in [5.41, 5.74) is 0.803. The Labute approximate surface area is 60.8 Å². The van der Waals surface area contributed by atoms with Gasteiger partial charge in [-0.1, -0.05) is 0 Å². The van der Waals surface area contributed by atoms with Crippen LogP contribution in [0.3, 0.4) is 0 Å². The molecule has 0 aromatic carbocycles. The summed E-state index contributed by atoms with van der Waals surface area (Å²) >= 11 is 0. The quantitative estimate of drug-likeness (QED) is 0.725. The fraction of sp³-hybridized carbons (Fsp3) is 0.250. The van der Waals surface area contributed by atoms with E-state index in [1.165, 1.54) is 0 Å². The van der Waals surface area contributed by atoms with Crippen LogP contribution in [-0.4, -0.2) is 15.3 Å². The molecule has 0 bridgehead atoms. The Balaban J connectivity index is 0.000000490. The smallest absolute Gasteiger partial charge is 0.206 e. The van der Waals surface area contributed by atoms with Crippen LogP contribution < -0.4 is 0 Å². The number of aromatic amines is 1. The number of aryl methyl sites for hydroxylation is 1. The number of hydrogen-bond acceptors (Lipinski definition) is 2. The second-order valence-electron chi connectivity index (χ2n) is 1.39. The molecular formula is C4H6N2ORe. The summed E-state index contributed by atoms with van der Waals surface area (Å²) in [6.45, 7) is 1.80. The predicted octanol–water partition coefficient (Wildman–Crippen LogP) is 0.421. The molecule has 0 saturated heterocycles. The Morgan fingerprint density at radius 2 is 2.38 bits per heavy atom. The summed E-state index contributed by atoms with van der Waals surface area (Å²) in [7, 11) is 0. The second-order valence-corrected chi connectivity index (χ2v) is 1.39. The summed E-state index contributed by atoms with van der Waals surface area (Å²) in [5.74, 6) is 0.123. The molecule has 1 rings (SSSR count). The molecule has 1 radical (unpaired) electrons. The number of aromatic hydroxyl groups is 1. The van der Waals surface area contributed by atoms with Gasteiger partial charge >= 0.3 is 0 Å². The average Bonchev–Trinajstić information content (AvgIpc) is 1.87. The van der Waals surface area contributed by atoms with Crippen molar-refractivity contribution in [1.29, 1.82) is 0 Å². The Morgan fingerprint density at radius 3 is 2.50 bits per heavy atom. The number of rotatable bonds is 0. The van der Waals surface area contributed by atoms with Crippen LogP contribution in [0, 0.1) is 6.92 Å². The first-order chi connectivity index (χ1) is 3.29. The van der Waals surface area contributed by atoms with Crippen LogP contribution in [0.1, 0.15) is 5.69 Å². The molecule has 3 nitrogen and oxygen atoms in total. The van der Waals surface area contributed by atoms with E-state index in [4.69, 9.17) is 5.11 Å². The molecular weight excluding hydrogens is 278 g/mol. The van der Waals surface area contributed by atoms with Crippen molar-refractivity contribution in [2.24, 2.45) is 0 Å². The molecule has 0 unspecified atom stereocenters. The fourth-order valence-electron chi connectivity index (χ4n) is 0.408. The summed E-state index contributed by atoms with van der Waals surface area (Å²) < 4.78 is 0. The van der Waals surface area contributed by atoms with E-state index in [1.807, 2.05) is 0 Å². The summed E-state index contributed by atoms with van der Waals surface area (Å²) in [4.78, 5) is 0. The molecule has 0 amide bonds. The van der Waals surface area contributed by atoms with Crippen molar-refractivity contribution in [1.82, 2.24) is 10.2 Å². The maximum absolute atomic E-state index is 8.54. The first-order valence-corrected chi connectivity index (χ1v) is 2.00. The standard InChI is InChI=1S/C4H6N2O.Re/c1-3-2-4(7)6-5-3;/h2H,1H3,(H2,5,6,7);. The van der Waals surface area contributed by atoms with Crippen molar-refractivity contribution in [3.05, 3.63) is 11.8 Å². The molecule has 8 heavy (non-hydrogen) atoms. The van der Waals surface area contributed by atoms with E-state index in [1.54, 1.807) is 13.0 Å². The molecule has 45 valence electrons. The van der Waals surface area contributed by atoms with Gasteiger partial charge in [-0.25, -0.2) is 5.10 Å². The van der Waals surface area contributed by atoms with E-state index in [0.29, 0.717) is 0 Å². The molecule has 1 aromatic rings. The van der Waals surface area contributed by atoms with Crippen molar-refractivity contribution in [2.75, 3.05) is 0 Å². The Kier molecular flexibility index (Phi) is 2.74. The minimum Gasteiger partial charge on any atom is -0.494 e. The maximum Gasteiger partial charge on any atom is 0.206 e. The Bertz CT molecular complexity index is 146. The molecule has 0 atom stereocenters. The SMILES string of the molecule is Cc1cc(O)[nH]n1.[Re]. The second kappa shape index (κ2) is 2.85. The van der Waals surface area contributed by atoms with E-state index in [2.05, 4.69) is 10.2 Å². The topological polar surface area (TPSA) is 48.9 Å². The van der Waals surface area contributed by atoms with Gasteiger partial charge in [0.1, 0.15) is 0 Å². The van der Waals surface area contributed by atoms with E-state index in [-0.39, 0.29) is 26.3 Å². The number of nitrogens with one attached hydrogen (secondary N) is 1. The predicted molar refractivity (Wildman–Crippen MR) is 25.0 cm³/mol. The summed E-state index contributed by atoms with van der Waals surface area (Å²) in [5, 5.41) is 14.6. The van der Waals surface area contributed by atoms with Crippen LogP contribution in [-0.2, 0) is 20.4 Å². The molecule has 0 aliphatic rings. The van der Waals surface area contributed by atoms with Crippen LogP contribution in [0.2, 0.25) is 0 Å². The van der Waals surface area contributed by atoms with Gasteiger partial charge in [-0.3, -0.25) is 0 Å². The molecule has 1 aromatic heterocycles. The van der Waals surface area contributed by atoms with Gasteiger partial charge in [0.15, 0.2) is 0 Å². The van der Waals surface area contributed by atoms with Gasteiger partial charge in [0.05, 0.1) is 5.69 Å². The van der Waals surface area contributed by atoms with E-state index >= 15 is 0 Å². The molecule has 1 heterocycles. The van der Waals surface area contributed by atoms with Crippen LogP contribution in [0.5, 0.6) is 5.88 Å². The van der Waals surface area contributed by atoms with Crippen LogP contribution in [0.15, 0.2) is 6.07 Å². The third kappa shape index (κ3) is 1.65. The zero-order chi connectivity index (χ0) is 5.28. The molecule has 4 heteroatoms. The zero-order valence-electron chi connectivity index (χ0n) is 4.35. The van der Waals surface area contributed by atoms with Gasteiger partial charge in [0.25, 0.3) is 0 Å². The largest absolute Gasteiger partial charge is 0.494 e. The minimum absolute atomic E-state index is 0. The zero-order valence-corrected chi connectivity index (χ0v) is 7.07. The van der Waals surface area contributed by atoms with Crippen molar-refractivity contribution in [3.8, 4) is 5.88 Å². The Hall–Kier alpha value is -0.328. The number of aromatic nitrogens is 2. The molecule has 0 aliphatic heterocycles. The van der Waals surface area contributed by atoms with Gasteiger partial charge in [0.2, 0.25) is 5.88 Å². The normalized spacial score (nSPS) is 8.12. The van der Waals surface area contributed by atoms with E-state index in [0.717, 1.165) is 5.69 Å². The van der Waals surface area contributed by atoms with E-state index in [9.17, 15) is 0 Å². The van der Waals surface area contributed by atoms with Gasteiger partial charge in [-0.2, -0.15) is 5.10 Å². The van der Waals surface area contributed by atoms with Gasteiger partial charge in [0, 0.05) is 26.5 Å². The van der Waals surface area contributed by atoms with Crippen molar-refractivity contribution >= 4 is 0 Å². The van der Waals surface area contributed by atoms with Crippen molar-refractivity contribution < 1.29 is 25.5 Å². The number of nitrogens with zero attached hydrogens (tertiary/aromatic N) is 1. The van der Waals surface area contributed by atoms with Crippen molar-refractivity contribution in [2.45, 2.75) is 6.92 Å². The maximum atomic E-state index is 8.54. The monoisotopic (exact) mass is 285 g/mol. The third-order valence-corrected chi connectivity index (χ3v) is 0.692. The Morgan fingerprint density at radius 1 is 1.75 bits per heavy atom. The summed E-state index contributed by atoms with van der Waals surface area (Å²) in [6.07, 6.45) is 0. The molecule has 0 aliphatic carbocycles. The van der Waals surface area contributed by atoms with Crippen LogP contribution >= 0.6 is 0 Å². The van der Waals surface area contributed by atoms with Gasteiger partial charge in [-0.15, -0.1) is 0 Å². The van der Waals surface area contributed by atoms with Crippen molar-refractivity contribution in [3.63, 3.8) is 0 Å². The van der Waals surface area contributed by atoms with Crippen LogP contribution in [0.25, 0.3) is 0 Å². The summed E-state index contributed by atoms with van der Waals surface area (Å²) in [6, 6.07) is 1.56. The van der Waals surface area contributed by atoms with Gasteiger partial charge in [-0.05, 0) is 6.92 Å². The van der Waals surface area contributed by atoms with Gasteiger partial charge < -0.3 is 5.11 Å². The molecule has 2 N–H and O–H groups in total. The average molecular weight is 284 g/mol. The minimum atomic E-state index is 0. The van der Waals surface area contributed by atoms with Crippen LogP contribution in [0.4, 0.5) is 0 Å². The first-order valence-electron chi connectivity index (χ1n) is 2.00. The number of hydrogen-bond donors (Lipinski definition) is 2. The fourth-order valence-corrected chi connectivity index (χ4v) is 0.408.